The van der Waals surface area contributed by atoms with E-state index in [-0.39, 0.29) is 0 Å². The van der Waals surface area contributed by atoms with E-state index in [1.807, 2.05) is 18.5 Å². The minimum atomic E-state index is 0.358. The van der Waals surface area contributed by atoms with Crippen molar-refractivity contribution in [1.82, 2.24) is 29.2 Å². The molecular weight excluding hydrogens is 398 g/mol. The molecule has 0 N–H and O–H groups in total. The quantitative estimate of drug-likeness (QED) is 0.594. The average molecular weight is 434 g/mol. The lowest BCUT2D eigenvalue weighted by Gasteiger charge is -2.36. The predicted octanol–water partition coefficient (Wildman–Crippen LogP) is 3.41. The van der Waals surface area contributed by atoms with Gasteiger partial charge in [0.2, 0.25) is 5.95 Å². The molecule has 1 aliphatic carbocycles. The van der Waals surface area contributed by atoms with Crippen LogP contribution in [-0.2, 0) is 13.0 Å². The van der Waals surface area contributed by atoms with Crippen LogP contribution in [0.4, 0.5) is 5.95 Å². The van der Waals surface area contributed by atoms with Crippen molar-refractivity contribution in [2.75, 3.05) is 44.7 Å². The number of imidazole rings is 1. The van der Waals surface area contributed by atoms with Crippen molar-refractivity contribution >= 4 is 11.6 Å². The number of aromatic nitrogens is 4. The molecule has 5 rings (SSSR count). The lowest BCUT2D eigenvalue weighted by atomic mass is 9.91. The summed E-state index contributed by atoms with van der Waals surface area (Å²) in [5.41, 5.74) is 4.70. The van der Waals surface area contributed by atoms with E-state index in [2.05, 4.69) is 58.3 Å². The van der Waals surface area contributed by atoms with Crippen LogP contribution in [0.15, 0.2) is 36.8 Å². The van der Waals surface area contributed by atoms with Crippen LogP contribution in [0.2, 0.25) is 0 Å². The molecule has 0 aromatic carbocycles. The van der Waals surface area contributed by atoms with Crippen molar-refractivity contribution < 1.29 is 0 Å². The van der Waals surface area contributed by atoms with Crippen molar-refractivity contribution in [1.29, 1.82) is 0 Å². The zero-order valence-electron chi connectivity index (χ0n) is 19.6. The summed E-state index contributed by atoms with van der Waals surface area (Å²) in [6.07, 6.45) is 9.51. The van der Waals surface area contributed by atoms with Gasteiger partial charge >= 0.3 is 0 Å². The third-order valence-corrected chi connectivity index (χ3v) is 6.80. The maximum Gasteiger partial charge on any atom is 0.211 e. The van der Waals surface area contributed by atoms with Crippen LogP contribution in [-0.4, -0.2) is 68.9 Å². The van der Waals surface area contributed by atoms with E-state index >= 15 is 0 Å². The average Bonchev–Trinajstić information content (AvgIpc) is 3.21. The molecule has 7 heteroatoms. The Morgan fingerprint density at radius 1 is 1.09 bits per heavy atom. The summed E-state index contributed by atoms with van der Waals surface area (Å²) in [7, 11) is 2.20. The normalized spacial score (nSPS) is 19.8. The zero-order chi connectivity index (χ0) is 22.1. The van der Waals surface area contributed by atoms with Gasteiger partial charge in [-0.05, 0) is 49.9 Å². The molecule has 0 saturated carbocycles. The lowest BCUT2D eigenvalue weighted by molar-refractivity contribution is 0.206. The fourth-order valence-corrected chi connectivity index (χ4v) is 5.29. The molecule has 3 aromatic heterocycles. The van der Waals surface area contributed by atoms with Crippen LogP contribution in [0.3, 0.4) is 0 Å². The van der Waals surface area contributed by atoms with E-state index in [0.29, 0.717) is 12.0 Å². The summed E-state index contributed by atoms with van der Waals surface area (Å²) in [5.74, 6) is 1.72. The number of hydrogen-bond acceptors (Lipinski definition) is 6. The fraction of sp³-hybridized carbons (Fsp3) is 0.560. The number of aryl methyl sites for hydroxylation is 1. The Hall–Kier alpha value is -2.51. The summed E-state index contributed by atoms with van der Waals surface area (Å²) in [6, 6.07) is 6.66. The van der Waals surface area contributed by atoms with Gasteiger partial charge in [0.05, 0.1) is 17.4 Å². The molecular formula is C25H35N7. The van der Waals surface area contributed by atoms with E-state index < -0.39 is 0 Å². The summed E-state index contributed by atoms with van der Waals surface area (Å²) in [6.45, 7) is 10.8. The highest BCUT2D eigenvalue weighted by atomic mass is 15.3. The molecule has 0 amide bonds. The molecule has 0 spiro atoms. The van der Waals surface area contributed by atoms with Gasteiger partial charge in [-0.3, -0.25) is 19.2 Å². The second-order valence-electron chi connectivity index (χ2n) is 9.76. The highest BCUT2D eigenvalue weighted by Gasteiger charge is 2.26. The third-order valence-electron chi connectivity index (χ3n) is 6.80. The first kappa shape index (κ1) is 21.3. The van der Waals surface area contributed by atoms with Gasteiger partial charge in [-0.2, -0.15) is 0 Å². The number of nitrogens with zero attached hydrogens (tertiary/aromatic N) is 7. The van der Waals surface area contributed by atoms with E-state index in [9.17, 15) is 0 Å². The molecule has 2 aliphatic rings. The molecule has 1 aliphatic heterocycles. The summed E-state index contributed by atoms with van der Waals surface area (Å²) in [4.78, 5) is 21.8. The number of hydrogen-bond donors (Lipinski definition) is 0. The lowest BCUT2D eigenvalue weighted by Crippen LogP contribution is -2.48. The Kier molecular flexibility index (Phi) is 6.11. The smallest absolute Gasteiger partial charge is 0.211 e. The molecule has 0 radical (unpaired) electrons. The second kappa shape index (κ2) is 9.16. The van der Waals surface area contributed by atoms with Crippen LogP contribution in [0.5, 0.6) is 0 Å². The number of fused-ring (bicyclic) bond motifs is 2. The van der Waals surface area contributed by atoms with Crippen molar-refractivity contribution in [2.24, 2.45) is 5.92 Å². The molecule has 4 heterocycles. The van der Waals surface area contributed by atoms with Gasteiger partial charge in [-0.15, -0.1) is 0 Å². The van der Waals surface area contributed by atoms with Gasteiger partial charge in [0.25, 0.3) is 0 Å². The third kappa shape index (κ3) is 4.36. The molecule has 0 bridgehead atoms. The summed E-state index contributed by atoms with van der Waals surface area (Å²) in [5, 5.41) is 0. The van der Waals surface area contributed by atoms with Crippen molar-refractivity contribution in [3.05, 3.63) is 53.7 Å². The highest BCUT2D eigenvalue weighted by Crippen LogP contribution is 2.32. The van der Waals surface area contributed by atoms with Gasteiger partial charge < -0.3 is 4.90 Å². The Morgan fingerprint density at radius 2 is 1.94 bits per heavy atom. The number of pyridine rings is 1. The van der Waals surface area contributed by atoms with Gasteiger partial charge in [-0.1, -0.05) is 19.9 Å². The van der Waals surface area contributed by atoms with E-state index in [4.69, 9.17) is 15.0 Å². The minimum absolute atomic E-state index is 0.358. The first-order valence-electron chi connectivity index (χ1n) is 12.0. The molecule has 170 valence electrons. The maximum absolute atomic E-state index is 4.94. The topological polar surface area (TPSA) is 52.8 Å². The number of anilines is 1. The molecule has 3 aromatic rings. The van der Waals surface area contributed by atoms with E-state index in [1.54, 1.807) is 0 Å². The van der Waals surface area contributed by atoms with Crippen LogP contribution in [0.25, 0.3) is 5.65 Å². The van der Waals surface area contributed by atoms with Gasteiger partial charge in [0, 0.05) is 57.9 Å². The van der Waals surface area contributed by atoms with Crippen LogP contribution in [0.1, 0.15) is 49.7 Å². The fourth-order valence-electron chi connectivity index (χ4n) is 5.29. The maximum atomic E-state index is 4.94. The summed E-state index contributed by atoms with van der Waals surface area (Å²) >= 11 is 0. The molecule has 1 atom stereocenters. The Morgan fingerprint density at radius 3 is 2.75 bits per heavy atom. The highest BCUT2D eigenvalue weighted by molar-refractivity contribution is 5.48. The van der Waals surface area contributed by atoms with Crippen LogP contribution in [0, 0.1) is 5.92 Å². The standard InChI is InChI=1S/C25H35N7/c1-19(2)16-30-12-14-31(15-13-30)25-27-11-9-23-28-21(18-32(23)25)17-29(3)22-8-4-6-20-7-5-10-26-24(20)22/h5,7,9-11,18-19,22H,4,6,8,12-17H2,1-3H3. The van der Waals surface area contributed by atoms with Crippen molar-refractivity contribution in [2.45, 2.75) is 45.7 Å². The van der Waals surface area contributed by atoms with E-state index in [1.165, 1.54) is 24.2 Å². The Balaban J connectivity index is 1.32. The molecule has 7 nitrogen and oxygen atoms in total. The SMILES string of the molecule is CC(C)CN1CCN(c2nccc3nc(CN(C)C4CCCc5cccnc54)cn23)CC1. The van der Waals surface area contributed by atoms with Crippen LogP contribution >= 0.6 is 0 Å². The van der Waals surface area contributed by atoms with Crippen molar-refractivity contribution in [3.8, 4) is 0 Å². The number of rotatable bonds is 6. The van der Waals surface area contributed by atoms with Gasteiger partial charge in [0.1, 0.15) is 5.65 Å². The molecule has 32 heavy (non-hydrogen) atoms. The first-order valence-corrected chi connectivity index (χ1v) is 12.0. The monoisotopic (exact) mass is 433 g/mol. The molecule has 1 unspecified atom stereocenters. The zero-order valence-corrected chi connectivity index (χ0v) is 19.6. The Bertz CT molecular complexity index is 1050. The minimum Gasteiger partial charge on any atom is -0.339 e. The first-order chi connectivity index (χ1) is 15.6. The second-order valence-corrected chi connectivity index (χ2v) is 9.76. The van der Waals surface area contributed by atoms with Gasteiger partial charge in [0.15, 0.2) is 0 Å². The predicted molar refractivity (Wildman–Crippen MR) is 128 cm³/mol. The largest absolute Gasteiger partial charge is 0.339 e. The van der Waals surface area contributed by atoms with E-state index in [0.717, 1.165) is 62.9 Å². The Labute approximate surface area is 191 Å². The number of piperazine rings is 1. The van der Waals surface area contributed by atoms with Gasteiger partial charge in [-0.25, -0.2) is 9.97 Å². The van der Waals surface area contributed by atoms with Crippen LogP contribution < -0.4 is 4.90 Å². The van der Waals surface area contributed by atoms with Crippen molar-refractivity contribution in [3.63, 3.8) is 0 Å². The molecule has 1 saturated heterocycles. The summed E-state index contributed by atoms with van der Waals surface area (Å²) < 4.78 is 2.17. The molecule has 1 fully saturated rings.